The molecule has 4 heteroatoms. The molecule has 0 aliphatic heterocycles. The van der Waals surface area contributed by atoms with Gasteiger partial charge in [-0.15, -0.1) is 0 Å². The van der Waals surface area contributed by atoms with Crippen molar-refractivity contribution in [1.29, 1.82) is 0 Å². The molecule has 2 rings (SSSR count). The lowest BCUT2D eigenvalue weighted by atomic mass is 9.87. The lowest BCUT2D eigenvalue weighted by Gasteiger charge is -2.25. The van der Waals surface area contributed by atoms with E-state index in [4.69, 9.17) is 10.5 Å². The predicted molar refractivity (Wildman–Crippen MR) is 84.2 cm³/mol. The van der Waals surface area contributed by atoms with Crippen LogP contribution < -0.4 is 15.8 Å². The molecular weight excluding hydrogens is 264 g/mol. The number of nitrogens with two attached hydrogens (primary N) is 1. The molecule has 3 N–H and O–H groups in total. The largest absolute Gasteiger partial charge is 0.481 e. The van der Waals surface area contributed by atoms with Crippen molar-refractivity contribution in [2.75, 3.05) is 6.54 Å². The molecular formula is C17H26N2O2. The maximum Gasteiger partial charge on any atom is 0.260 e. The number of hydrogen-bond acceptors (Lipinski definition) is 3. The highest BCUT2D eigenvalue weighted by Crippen LogP contribution is 2.34. The van der Waals surface area contributed by atoms with E-state index in [1.165, 1.54) is 5.56 Å². The molecule has 2 unspecified atom stereocenters. The number of nitrogens with one attached hydrogen (secondary N) is 1. The summed E-state index contributed by atoms with van der Waals surface area (Å²) in [5.41, 5.74) is 8.48. The van der Waals surface area contributed by atoms with Crippen LogP contribution in [0.3, 0.4) is 0 Å². The Hall–Kier alpha value is -1.55. The molecule has 1 aromatic rings. The lowest BCUT2D eigenvalue weighted by Crippen LogP contribution is -2.38. The van der Waals surface area contributed by atoms with Crippen molar-refractivity contribution in [3.05, 3.63) is 29.3 Å². The minimum absolute atomic E-state index is 0.0681. The number of carbonyl (C=O) groups excluding carboxylic acids is 1. The van der Waals surface area contributed by atoms with Gasteiger partial charge in [0.1, 0.15) is 5.75 Å². The van der Waals surface area contributed by atoms with Gasteiger partial charge in [-0.05, 0) is 49.3 Å². The zero-order valence-corrected chi connectivity index (χ0v) is 13.2. The molecule has 2 atom stereocenters. The van der Waals surface area contributed by atoms with Crippen molar-refractivity contribution in [2.24, 2.45) is 11.7 Å². The Balaban J connectivity index is 2.06. The van der Waals surface area contributed by atoms with E-state index in [0.29, 0.717) is 12.5 Å². The number of benzene rings is 1. The van der Waals surface area contributed by atoms with Crippen LogP contribution in [0.15, 0.2) is 18.2 Å². The van der Waals surface area contributed by atoms with Gasteiger partial charge in [-0.2, -0.15) is 0 Å². The van der Waals surface area contributed by atoms with Gasteiger partial charge < -0.3 is 15.8 Å². The molecule has 0 radical (unpaired) electrons. The van der Waals surface area contributed by atoms with E-state index in [0.717, 1.165) is 30.6 Å². The van der Waals surface area contributed by atoms with Crippen LogP contribution in [0.4, 0.5) is 0 Å². The highest BCUT2D eigenvalue weighted by Gasteiger charge is 2.22. The van der Waals surface area contributed by atoms with Gasteiger partial charge in [0.25, 0.3) is 5.91 Å². The van der Waals surface area contributed by atoms with Crippen molar-refractivity contribution >= 4 is 5.91 Å². The fourth-order valence-corrected chi connectivity index (χ4v) is 2.65. The minimum Gasteiger partial charge on any atom is -0.481 e. The summed E-state index contributed by atoms with van der Waals surface area (Å²) in [6, 6.07) is 6.04. The molecule has 0 heterocycles. The van der Waals surface area contributed by atoms with Gasteiger partial charge in [0.15, 0.2) is 6.10 Å². The second-order valence-corrected chi connectivity index (χ2v) is 6.22. The standard InChI is InChI=1S/C17H26N2O2/c1-11(2)10-19-17(20)12(3)21-16-9-5-6-13-14(16)7-4-8-15(13)18/h5-6,9,11-12,15H,4,7-8,10,18H2,1-3H3,(H,19,20). The molecule has 0 saturated carbocycles. The first-order chi connectivity index (χ1) is 9.99. The van der Waals surface area contributed by atoms with Crippen LogP contribution in [-0.2, 0) is 11.2 Å². The summed E-state index contributed by atoms with van der Waals surface area (Å²) in [5, 5.41) is 2.90. The number of ether oxygens (including phenoxy) is 1. The fraction of sp³-hybridized carbons (Fsp3) is 0.588. The molecule has 21 heavy (non-hydrogen) atoms. The van der Waals surface area contributed by atoms with Gasteiger partial charge >= 0.3 is 0 Å². The quantitative estimate of drug-likeness (QED) is 0.876. The highest BCUT2D eigenvalue weighted by atomic mass is 16.5. The lowest BCUT2D eigenvalue weighted by molar-refractivity contribution is -0.127. The summed E-state index contributed by atoms with van der Waals surface area (Å²) in [6.07, 6.45) is 2.57. The second kappa shape index (κ2) is 6.94. The number of carbonyl (C=O) groups is 1. The van der Waals surface area contributed by atoms with Crippen molar-refractivity contribution in [1.82, 2.24) is 5.32 Å². The van der Waals surface area contributed by atoms with Crippen molar-refractivity contribution in [3.8, 4) is 5.75 Å². The summed E-state index contributed by atoms with van der Waals surface area (Å²) in [7, 11) is 0. The Bertz CT molecular complexity index is 500. The molecule has 0 spiro atoms. The third kappa shape index (κ3) is 3.97. The topological polar surface area (TPSA) is 64.3 Å². The van der Waals surface area contributed by atoms with Crippen LogP contribution >= 0.6 is 0 Å². The number of fused-ring (bicyclic) bond motifs is 1. The van der Waals surface area contributed by atoms with E-state index in [-0.39, 0.29) is 11.9 Å². The normalized spacial score (nSPS) is 19.0. The molecule has 0 bridgehead atoms. The summed E-state index contributed by atoms with van der Waals surface area (Å²) < 4.78 is 5.89. The Morgan fingerprint density at radius 3 is 2.90 bits per heavy atom. The van der Waals surface area contributed by atoms with E-state index in [2.05, 4.69) is 25.2 Å². The van der Waals surface area contributed by atoms with Crippen LogP contribution in [0.25, 0.3) is 0 Å². The van der Waals surface area contributed by atoms with Crippen molar-refractivity contribution in [2.45, 2.75) is 52.2 Å². The maximum absolute atomic E-state index is 12.0. The third-order valence-corrected chi connectivity index (χ3v) is 3.87. The molecule has 0 fully saturated rings. The Morgan fingerprint density at radius 1 is 1.43 bits per heavy atom. The molecule has 0 aromatic heterocycles. The van der Waals surface area contributed by atoms with E-state index in [1.54, 1.807) is 6.92 Å². The molecule has 1 aliphatic carbocycles. The highest BCUT2D eigenvalue weighted by molar-refractivity contribution is 5.80. The van der Waals surface area contributed by atoms with Gasteiger partial charge in [-0.25, -0.2) is 0 Å². The smallest absolute Gasteiger partial charge is 0.260 e. The molecule has 1 amide bonds. The van der Waals surface area contributed by atoms with Crippen LogP contribution in [0.2, 0.25) is 0 Å². The van der Waals surface area contributed by atoms with E-state index in [9.17, 15) is 4.79 Å². The van der Waals surface area contributed by atoms with E-state index in [1.807, 2.05) is 12.1 Å². The summed E-state index contributed by atoms with van der Waals surface area (Å²) in [6.45, 7) is 6.60. The van der Waals surface area contributed by atoms with Crippen LogP contribution in [0, 0.1) is 5.92 Å². The maximum atomic E-state index is 12.0. The number of rotatable bonds is 5. The first-order valence-electron chi connectivity index (χ1n) is 7.80. The Labute approximate surface area is 127 Å². The van der Waals surface area contributed by atoms with Gasteiger partial charge in [0.05, 0.1) is 0 Å². The zero-order chi connectivity index (χ0) is 15.4. The van der Waals surface area contributed by atoms with Crippen LogP contribution in [-0.4, -0.2) is 18.6 Å². The van der Waals surface area contributed by atoms with Crippen LogP contribution in [0.5, 0.6) is 5.75 Å². The molecule has 4 nitrogen and oxygen atoms in total. The average Bonchev–Trinajstić information content (AvgIpc) is 2.45. The SMILES string of the molecule is CC(C)CNC(=O)C(C)Oc1cccc2c1CCCC2N. The van der Waals surface area contributed by atoms with Crippen molar-refractivity contribution in [3.63, 3.8) is 0 Å². The summed E-state index contributed by atoms with van der Waals surface area (Å²) in [4.78, 5) is 12.0. The molecule has 116 valence electrons. The van der Waals surface area contributed by atoms with Gasteiger partial charge in [0.2, 0.25) is 0 Å². The van der Waals surface area contributed by atoms with Gasteiger partial charge in [0, 0.05) is 12.6 Å². The van der Waals surface area contributed by atoms with Gasteiger partial charge in [-0.1, -0.05) is 26.0 Å². The van der Waals surface area contributed by atoms with E-state index >= 15 is 0 Å². The predicted octanol–water partition coefficient (Wildman–Crippen LogP) is 2.56. The molecule has 0 saturated heterocycles. The second-order valence-electron chi connectivity index (χ2n) is 6.22. The Kier molecular flexibility index (Phi) is 5.23. The summed E-state index contributed by atoms with van der Waals surface area (Å²) in [5.74, 6) is 1.17. The van der Waals surface area contributed by atoms with E-state index < -0.39 is 6.10 Å². The zero-order valence-electron chi connectivity index (χ0n) is 13.2. The first-order valence-corrected chi connectivity index (χ1v) is 7.80. The molecule has 1 aliphatic rings. The Morgan fingerprint density at radius 2 is 2.19 bits per heavy atom. The fourth-order valence-electron chi connectivity index (χ4n) is 2.65. The molecule has 1 aromatic carbocycles. The summed E-state index contributed by atoms with van der Waals surface area (Å²) >= 11 is 0. The number of hydrogen-bond donors (Lipinski definition) is 2. The average molecular weight is 290 g/mol. The minimum atomic E-state index is -0.492. The third-order valence-electron chi connectivity index (χ3n) is 3.87. The van der Waals surface area contributed by atoms with Crippen LogP contribution in [0.1, 0.15) is 50.8 Å². The van der Waals surface area contributed by atoms with Gasteiger partial charge in [-0.3, -0.25) is 4.79 Å². The van der Waals surface area contributed by atoms with Crippen molar-refractivity contribution < 1.29 is 9.53 Å². The first kappa shape index (κ1) is 15.8. The monoisotopic (exact) mass is 290 g/mol. The number of amides is 1.